The molecule has 0 aliphatic carbocycles. The van der Waals surface area contributed by atoms with Crippen LogP contribution in [0.4, 0.5) is 0 Å². The van der Waals surface area contributed by atoms with Gasteiger partial charge in [-0.25, -0.2) is 4.98 Å². The van der Waals surface area contributed by atoms with Crippen molar-refractivity contribution in [2.24, 2.45) is 0 Å². The van der Waals surface area contributed by atoms with Gasteiger partial charge in [-0.15, -0.1) is 22.7 Å². The predicted molar refractivity (Wildman–Crippen MR) is 90.9 cm³/mol. The molecule has 0 amide bonds. The summed E-state index contributed by atoms with van der Waals surface area (Å²) in [7, 11) is 0. The van der Waals surface area contributed by atoms with Crippen LogP contribution in [0.5, 0.6) is 0 Å². The Bertz CT molecular complexity index is 852. The van der Waals surface area contributed by atoms with Crippen molar-refractivity contribution in [3.05, 3.63) is 33.2 Å². The molecule has 22 heavy (non-hydrogen) atoms. The Morgan fingerprint density at radius 3 is 3.05 bits per heavy atom. The number of carbonyl (C=O) groups excluding carboxylic acids is 1. The monoisotopic (exact) mass is 352 g/mol. The van der Waals surface area contributed by atoms with Crippen LogP contribution in [-0.2, 0) is 9.53 Å². The third-order valence-corrected chi connectivity index (χ3v) is 5.46. The zero-order valence-electron chi connectivity index (χ0n) is 11.6. The highest BCUT2D eigenvalue weighted by Crippen LogP contribution is 2.33. The summed E-state index contributed by atoms with van der Waals surface area (Å²) in [5, 5.41) is 4.96. The number of nitrogens with one attached hydrogen (secondary N) is 1. The highest BCUT2D eigenvalue weighted by Gasteiger charge is 2.14. The molecule has 0 radical (unpaired) electrons. The van der Waals surface area contributed by atoms with E-state index in [2.05, 4.69) is 9.97 Å². The van der Waals surface area contributed by atoms with Crippen LogP contribution in [0.3, 0.4) is 0 Å². The molecule has 0 aliphatic heterocycles. The van der Waals surface area contributed by atoms with E-state index in [0.717, 1.165) is 10.4 Å². The second-order valence-electron chi connectivity index (χ2n) is 4.27. The van der Waals surface area contributed by atoms with Gasteiger partial charge in [0.2, 0.25) is 0 Å². The molecule has 8 heteroatoms. The SMILES string of the molecule is CCOC(=O)CSc1nc2scc(-c3cccs3)c2c(=O)[nH]1. The summed E-state index contributed by atoms with van der Waals surface area (Å²) in [6.45, 7) is 2.10. The number of carbonyl (C=O) groups is 1. The van der Waals surface area contributed by atoms with Crippen molar-refractivity contribution < 1.29 is 9.53 Å². The Hall–Kier alpha value is -1.64. The van der Waals surface area contributed by atoms with Crippen LogP contribution in [0.1, 0.15) is 6.92 Å². The van der Waals surface area contributed by atoms with Gasteiger partial charge in [-0.05, 0) is 18.4 Å². The smallest absolute Gasteiger partial charge is 0.316 e. The predicted octanol–water partition coefficient (Wildman–Crippen LogP) is 3.37. The van der Waals surface area contributed by atoms with E-state index < -0.39 is 0 Å². The molecule has 114 valence electrons. The number of fused-ring (bicyclic) bond motifs is 1. The standard InChI is InChI=1S/C14H12N2O3S3/c1-2-19-10(17)7-22-14-15-12(18)11-8(6-21-13(11)16-14)9-4-3-5-20-9/h3-6H,2,7H2,1H3,(H,15,16,18). The third kappa shape index (κ3) is 3.08. The minimum Gasteiger partial charge on any atom is -0.465 e. The van der Waals surface area contributed by atoms with Crippen molar-refractivity contribution >= 4 is 50.6 Å². The average Bonchev–Trinajstić information content (AvgIpc) is 3.14. The first-order chi connectivity index (χ1) is 10.7. The van der Waals surface area contributed by atoms with Crippen LogP contribution in [0.15, 0.2) is 32.8 Å². The topological polar surface area (TPSA) is 72.0 Å². The first kappa shape index (κ1) is 15.3. The maximum absolute atomic E-state index is 12.3. The van der Waals surface area contributed by atoms with E-state index in [1.807, 2.05) is 22.9 Å². The van der Waals surface area contributed by atoms with Gasteiger partial charge in [-0.3, -0.25) is 9.59 Å². The van der Waals surface area contributed by atoms with Crippen molar-refractivity contribution in [2.75, 3.05) is 12.4 Å². The van der Waals surface area contributed by atoms with Crippen molar-refractivity contribution in [1.29, 1.82) is 0 Å². The maximum Gasteiger partial charge on any atom is 0.316 e. The van der Waals surface area contributed by atoms with Gasteiger partial charge in [0.25, 0.3) is 5.56 Å². The van der Waals surface area contributed by atoms with Gasteiger partial charge in [-0.2, -0.15) is 0 Å². The van der Waals surface area contributed by atoms with Crippen LogP contribution in [0, 0.1) is 0 Å². The van der Waals surface area contributed by atoms with E-state index in [9.17, 15) is 9.59 Å². The summed E-state index contributed by atoms with van der Waals surface area (Å²) in [4.78, 5) is 32.6. The fraction of sp³-hybridized carbons (Fsp3) is 0.214. The number of thiophene rings is 2. The first-order valence-corrected chi connectivity index (χ1v) is 9.27. The molecule has 0 saturated heterocycles. The van der Waals surface area contributed by atoms with E-state index in [1.54, 1.807) is 18.3 Å². The van der Waals surface area contributed by atoms with E-state index in [-0.39, 0.29) is 17.3 Å². The molecule has 3 rings (SSSR count). The molecular weight excluding hydrogens is 340 g/mol. The molecule has 1 N–H and O–H groups in total. The summed E-state index contributed by atoms with van der Waals surface area (Å²) < 4.78 is 4.86. The van der Waals surface area contributed by atoms with Gasteiger partial charge >= 0.3 is 5.97 Å². The zero-order valence-corrected chi connectivity index (χ0v) is 14.1. The van der Waals surface area contributed by atoms with Crippen molar-refractivity contribution in [1.82, 2.24) is 9.97 Å². The number of aromatic amines is 1. The Labute approximate surface area is 138 Å². The fourth-order valence-corrected chi connectivity index (χ4v) is 4.42. The quantitative estimate of drug-likeness (QED) is 0.433. The molecule has 0 saturated carbocycles. The van der Waals surface area contributed by atoms with Gasteiger partial charge in [0.05, 0.1) is 17.7 Å². The number of ether oxygens (including phenoxy) is 1. The molecule has 0 aromatic carbocycles. The second kappa shape index (κ2) is 6.64. The molecule has 0 aliphatic rings. The van der Waals surface area contributed by atoms with E-state index in [4.69, 9.17) is 4.74 Å². The van der Waals surface area contributed by atoms with E-state index in [1.165, 1.54) is 23.1 Å². The van der Waals surface area contributed by atoms with Crippen molar-refractivity contribution in [3.63, 3.8) is 0 Å². The van der Waals surface area contributed by atoms with Gasteiger partial charge in [-0.1, -0.05) is 17.8 Å². The van der Waals surface area contributed by atoms with Crippen LogP contribution in [-0.4, -0.2) is 28.3 Å². The Morgan fingerprint density at radius 2 is 2.32 bits per heavy atom. The number of rotatable bonds is 5. The molecule has 5 nitrogen and oxygen atoms in total. The second-order valence-corrected chi connectivity index (χ2v) is 7.04. The number of aromatic nitrogens is 2. The van der Waals surface area contributed by atoms with Crippen molar-refractivity contribution in [3.8, 4) is 10.4 Å². The van der Waals surface area contributed by atoms with Crippen LogP contribution >= 0.6 is 34.4 Å². The van der Waals surface area contributed by atoms with Crippen LogP contribution in [0.25, 0.3) is 20.7 Å². The summed E-state index contributed by atoms with van der Waals surface area (Å²) >= 11 is 4.19. The number of thioether (sulfide) groups is 1. The molecule has 0 bridgehead atoms. The highest BCUT2D eigenvalue weighted by atomic mass is 32.2. The van der Waals surface area contributed by atoms with Gasteiger partial charge < -0.3 is 9.72 Å². The Morgan fingerprint density at radius 1 is 1.45 bits per heavy atom. The molecule has 3 heterocycles. The number of esters is 1. The maximum atomic E-state index is 12.3. The average molecular weight is 352 g/mol. The molecule has 3 aromatic rings. The van der Waals surface area contributed by atoms with E-state index in [0.29, 0.717) is 22.0 Å². The molecule has 3 aromatic heterocycles. The lowest BCUT2D eigenvalue weighted by Crippen LogP contribution is -2.11. The number of H-pyrrole nitrogens is 1. The molecule has 0 spiro atoms. The summed E-state index contributed by atoms with van der Waals surface area (Å²) in [6, 6.07) is 3.93. The molecule has 0 atom stereocenters. The van der Waals surface area contributed by atoms with Crippen LogP contribution < -0.4 is 5.56 Å². The Balaban J connectivity index is 1.91. The minimum absolute atomic E-state index is 0.130. The van der Waals surface area contributed by atoms with Gasteiger partial charge in [0.1, 0.15) is 4.83 Å². The molecular formula is C14H12N2O3S3. The summed E-state index contributed by atoms with van der Waals surface area (Å²) in [5.41, 5.74) is 0.728. The number of hydrogen-bond donors (Lipinski definition) is 1. The largest absolute Gasteiger partial charge is 0.465 e. The number of hydrogen-bond acceptors (Lipinski definition) is 7. The summed E-state index contributed by atoms with van der Waals surface area (Å²) in [6.07, 6.45) is 0. The molecule has 0 unspecified atom stereocenters. The Kier molecular flexibility index (Phi) is 4.60. The third-order valence-electron chi connectivity index (χ3n) is 2.84. The minimum atomic E-state index is -0.319. The van der Waals surface area contributed by atoms with Crippen molar-refractivity contribution in [2.45, 2.75) is 12.1 Å². The lowest BCUT2D eigenvalue weighted by atomic mass is 10.2. The zero-order chi connectivity index (χ0) is 15.5. The van der Waals surface area contributed by atoms with E-state index >= 15 is 0 Å². The number of nitrogens with zero attached hydrogens (tertiary/aromatic N) is 1. The summed E-state index contributed by atoms with van der Waals surface area (Å²) in [5.74, 6) is -0.188. The highest BCUT2D eigenvalue weighted by molar-refractivity contribution is 7.99. The normalized spacial score (nSPS) is 11.0. The fourth-order valence-electron chi connectivity index (χ4n) is 1.94. The van der Waals surface area contributed by atoms with Crippen LogP contribution in [0.2, 0.25) is 0 Å². The lowest BCUT2D eigenvalue weighted by molar-refractivity contribution is -0.139. The van der Waals surface area contributed by atoms with Gasteiger partial charge in [0.15, 0.2) is 5.16 Å². The first-order valence-electron chi connectivity index (χ1n) is 6.53. The lowest BCUT2D eigenvalue weighted by Gasteiger charge is -2.02. The molecule has 0 fully saturated rings. The van der Waals surface area contributed by atoms with Gasteiger partial charge in [0, 0.05) is 15.8 Å².